The Kier molecular flexibility index (Phi) is 6.81. The lowest BCUT2D eigenvalue weighted by Crippen LogP contribution is -2.57. The number of aliphatic hydroxyl groups excluding tert-OH is 1. The van der Waals surface area contributed by atoms with Crippen LogP contribution < -0.4 is 0 Å². The van der Waals surface area contributed by atoms with E-state index in [-0.39, 0.29) is 6.61 Å². The summed E-state index contributed by atoms with van der Waals surface area (Å²) in [4.78, 5) is 2.92. The van der Waals surface area contributed by atoms with Gasteiger partial charge in [-0.25, -0.2) is 0 Å². The summed E-state index contributed by atoms with van der Waals surface area (Å²) in [6.45, 7) is 2.34. The maximum Gasteiger partial charge on any atom is 0.184 e. The van der Waals surface area contributed by atoms with Crippen LogP contribution in [0.5, 0.6) is 0 Å². The molecule has 0 aromatic heterocycles. The zero-order valence-electron chi connectivity index (χ0n) is 15.1. The Balaban J connectivity index is 1.76. The molecule has 142 valence electrons. The van der Waals surface area contributed by atoms with Gasteiger partial charge in [0.05, 0.1) is 25.4 Å². The first-order valence-electron chi connectivity index (χ1n) is 8.88. The van der Waals surface area contributed by atoms with Crippen LogP contribution in [0.3, 0.4) is 0 Å². The fourth-order valence-corrected chi connectivity index (χ4v) is 3.12. The number of hydrogen-bond acceptors (Lipinski definition) is 5. The van der Waals surface area contributed by atoms with E-state index in [1.165, 1.54) is 0 Å². The van der Waals surface area contributed by atoms with Gasteiger partial charge in [0, 0.05) is 4.91 Å². The summed E-state index contributed by atoms with van der Waals surface area (Å²) in [5.74, 6) is 0. The molecule has 2 aromatic rings. The maximum atomic E-state index is 10.4. The molecule has 1 unspecified atom stereocenters. The van der Waals surface area contributed by atoms with Crippen LogP contribution in [0.15, 0.2) is 65.8 Å². The van der Waals surface area contributed by atoms with Gasteiger partial charge in [-0.05, 0) is 23.6 Å². The molecule has 0 amide bonds. The third kappa shape index (κ3) is 5.07. The Morgan fingerprint density at radius 1 is 0.963 bits per heavy atom. The highest BCUT2D eigenvalue weighted by Gasteiger charge is 2.45. The van der Waals surface area contributed by atoms with Crippen LogP contribution in [-0.2, 0) is 27.4 Å². The van der Waals surface area contributed by atoms with Crippen molar-refractivity contribution in [3.05, 3.63) is 82.2 Å². The van der Waals surface area contributed by atoms with Gasteiger partial charge < -0.3 is 19.3 Å². The van der Waals surface area contributed by atoms with Gasteiger partial charge in [-0.2, -0.15) is 0 Å². The molecular formula is C20H23N3O4. The number of rotatable bonds is 7. The number of benzene rings is 2. The summed E-state index contributed by atoms with van der Waals surface area (Å²) >= 11 is 0. The first kappa shape index (κ1) is 19.4. The van der Waals surface area contributed by atoms with Gasteiger partial charge in [0.2, 0.25) is 0 Å². The molecule has 1 heterocycles. The second kappa shape index (κ2) is 9.50. The highest BCUT2D eigenvalue weighted by Crippen LogP contribution is 2.28. The van der Waals surface area contributed by atoms with Crippen molar-refractivity contribution in [1.29, 1.82) is 0 Å². The van der Waals surface area contributed by atoms with E-state index in [1.54, 1.807) is 6.92 Å². The van der Waals surface area contributed by atoms with Crippen LogP contribution in [0.2, 0.25) is 0 Å². The fraction of sp³-hybridized carbons (Fsp3) is 0.400. The van der Waals surface area contributed by atoms with Crippen molar-refractivity contribution in [3.8, 4) is 0 Å². The Hall–Kier alpha value is -2.41. The predicted molar refractivity (Wildman–Crippen MR) is 99.5 cm³/mol. The van der Waals surface area contributed by atoms with E-state index >= 15 is 0 Å². The van der Waals surface area contributed by atoms with E-state index in [0.717, 1.165) is 11.1 Å². The second-order valence-corrected chi connectivity index (χ2v) is 6.45. The molecule has 1 fully saturated rings. The normalized spacial score (nSPS) is 27.7. The van der Waals surface area contributed by atoms with Gasteiger partial charge >= 0.3 is 0 Å². The van der Waals surface area contributed by atoms with Crippen molar-refractivity contribution < 1.29 is 19.3 Å². The van der Waals surface area contributed by atoms with Crippen LogP contribution in [0, 0.1) is 0 Å². The second-order valence-electron chi connectivity index (χ2n) is 6.45. The SMILES string of the molecule is C[C@H]1OC(O)[C@H](OCc2ccccc2)[C@@H](OCc2ccccc2)[C@@H]1N=[N+]=[N-]. The van der Waals surface area contributed by atoms with E-state index in [2.05, 4.69) is 10.0 Å². The molecule has 0 bridgehead atoms. The van der Waals surface area contributed by atoms with E-state index in [4.69, 9.17) is 19.7 Å². The molecule has 1 aliphatic rings. The molecule has 0 aliphatic carbocycles. The molecule has 0 saturated carbocycles. The molecule has 0 radical (unpaired) electrons. The number of nitrogens with zero attached hydrogens (tertiary/aromatic N) is 3. The van der Waals surface area contributed by atoms with Gasteiger partial charge in [-0.3, -0.25) is 0 Å². The Labute approximate surface area is 158 Å². The first-order chi connectivity index (χ1) is 13.2. The van der Waals surface area contributed by atoms with Crippen LogP contribution in [0.1, 0.15) is 18.1 Å². The minimum Gasteiger partial charge on any atom is -0.370 e. The minimum absolute atomic E-state index is 0.286. The van der Waals surface area contributed by atoms with Gasteiger partial charge in [0.1, 0.15) is 12.2 Å². The lowest BCUT2D eigenvalue weighted by molar-refractivity contribution is -0.274. The lowest BCUT2D eigenvalue weighted by Gasteiger charge is -2.42. The third-order valence-corrected chi connectivity index (χ3v) is 4.53. The molecule has 1 N–H and O–H groups in total. The molecule has 2 aromatic carbocycles. The summed E-state index contributed by atoms with van der Waals surface area (Å²) in [6.07, 6.45) is -3.08. The summed E-state index contributed by atoms with van der Waals surface area (Å²) in [6, 6.07) is 18.7. The molecule has 0 spiro atoms. The summed E-state index contributed by atoms with van der Waals surface area (Å²) in [7, 11) is 0. The van der Waals surface area contributed by atoms with Crippen molar-refractivity contribution in [3.63, 3.8) is 0 Å². The Morgan fingerprint density at radius 2 is 1.48 bits per heavy atom. The monoisotopic (exact) mass is 369 g/mol. The minimum atomic E-state index is -1.17. The number of azide groups is 1. The van der Waals surface area contributed by atoms with Crippen molar-refractivity contribution in [2.24, 2.45) is 5.11 Å². The molecule has 7 nitrogen and oxygen atoms in total. The molecule has 5 atom stereocenters. The molecular weight excluding hydrogens is 346 g/mol. The summed E-state index contributed by atoms with van der Waals surface area (Å²) in [5.41, 5.74) is 10.9. The van der Waals surface area contributed by atoms with Gasteiger partial charge in [-0.1, -0.05) is 65.8 Å². The quantitative estimate of drug-likeness (QED) is 0.458. The van der Waals surface area contributed by atoms with Crippen LogP contribution in [0.25, 0.3) is 10.4 Å². The molecule has 27 heavy (non-hydrogen) atoms. The summed E-state index contributed by atoms with van der Waals surface area (Å²) < 4.78 is 17.5. The lowest BCUT2D eigenvalue weighted by atomic mass is 9.97. The van der Waals surface area contributed by atoms with Crippen LogP contribution >= 0.6 is 0 Å². The van der Waals surface area contributed by atoms with Gasteiger partial charge in [-0.15, -0.1) is 0 Å². The zero-order chi connectivity index (χ0) is 19.1. The van der Waals surface area contributed by atoms with E-state index in [0.29, 0.717) is 6.61 Å². The fourth-order valence-electron chi connectivity index (χ4n) is 3.12. The van der Waals surface area contributed by atoms with Crippen LogP contribution in [0.4, 0.5) is 0 Å². The molecule has 1 aliphatic heterocycles. The number of ether oxygens (including phenoxy) is 3. The average Bonchev–Trinajstić information content (AvgIpc) is 2.69. The smallest absolute Gasteiger partial charge is 0.184 e. The van der Waals surface area contributed by atoms with Crippen molar-refractivity contribution in [2.75, 3.05) is 0 Å². The van der Waals surface area contributed by atoms with E-state index in [9.17, 15) is 5.11 Å². The highest BCUT2D eigenvalue weighted by atomic mass is 16.7. The predicted octanol–water partition coefficient (Wildman–Crippen LogP) is 3.57. The average molecular weight is 369 g/mol. The largest absolute Gasteiger partial charge is 0.370 e. The van der Waals surface area contributed by atoms with Crippen molar-refractivity contribution in [1.82, 2.24) is 0 Å². The van der Waals surface area contributed by atoms with E-state index in [1.807, 2.05) is 60.7 Å². The first-order valence-corrected chi connectivity index (χ1v) is 8.88. The highest BCUT2D eigenvalue weighted by molar-refractivity contribution is 5.14. The number of aliphatic hydroxyl groups is 1. The van der Waals surface area contributed by atoms with Crippen molar-refractivity contribution in [2.45, 2.75) is 50.8 Å². The van der Waals surface area contributed by atoms with Gasteiger partial charge in [0.25, 0.3) is 0 Å². The zero-order valence-corrected chi connectivity index (χ0v) is 15.1. The molecule has 3 rings (SSSR count). The third-order valence-electron chi connectivity index (χ3n) is 4.53. The summed E-state index contributed by atoms with van der Waals surface area (Å²) in [5, 5.41) is 14.2. The van der Waals surface area contributed by atoms with Gasteiger partial charge in [0.15, 0.2) is 6.29 Å². The molecule has 7 heteroatoms. The standard InChI is InChI=1S/C20H23N3O4/c1-14-17(22-23-21)18(25-12-15-8-4-2-5-9-15)19(20(24)27-14)26-13-16-10-6-3-7-11-16/h2-11,14,17-20,24H,12-13H2,1H3/t14-,17-,18+,19-,20?/m1/s1. The van der Waals surface area contributed by atoms with Crippen LogP contribution in [-0.4, -0.2) is 35.8 Å². The maximum absolute atomic E-state index is 10.4. The Morgan fingerprint density at radius 3 is 2.00 bits per heavy atom. The van der Waals surface area contributed by atoms with E-state index < -0.39 is 30.6 Å². The number of hydrogen-bond donors (Lipinski definition) is 1. The van der Waals surface area contributed by atoms with Crippen molar-refractivity contribution >= 4 is 0 Å². The molecule has 1 saturated heterocycles. The topological polar surface area (TPSA) is 96.7 Å². The Bertz CT molecular complexity index is 752.